The van der Waals surface area contributed by atoms with E-state index >= 15 is 0 Å². The summed E-state index contributed by atoms with van der Waals surface area (Å²) in [5.74, 6) is 0. The van der Waals surface area contributed by atoms with E-state index in [0.29, 0.717) is 0 Å². The van der Waals surface area contributed by atoms with Gasteiger partial charge in [-0.3, -0.25) is 0 Å². The highest BCUT2D eigenvalue weighted by atomic mass is 79.9. The van der Waals surface area contributed by atoms with Gasteiger partial charge in [-0.25, -0.2) is 0 Å². The normalized spacial score (nSPS) is 22.4. The molecule has 0 aromatic heterocycles. The molecule has 0 heterocycles. The minimum Gasteiger partial charge on any atom is -0.360 e. The molecule has 0 bridgehead atoms. The van der Waals surface area contributed by atoms with Crippen molar-refractivity contribution in [3.05, 3.63) is 24.3 Å². The summed E-state index contributed by atoms with van der Waals surface area (Å²) in [7, 11) is 1.68. The molecule has 0 radical (unpaired) electrons. The number of allylic oxidation sites excluding steroid dienone is 2. The van der Waals surface area contributed by atoms with E-state index in [4.69, 9.17) is 4.74 Å². The van der Waals surface area contributed by atoms with Gasteiger partial charge in [-0.2, -0.15) is 0 Å². The third kappa shape index (κ3) is 1.66. The van der Waals surface area contributed by atoms with Crippen molar-refractivity contribution < 1.29 is 4.74 Å². The van der Waals surface area contributed by atoms with Crippen LogP contribution in [0.25, 0.3) is 0 Å². The lowest BCUT2D eigenvalue weighted by Gasteiger charge is -2.19. The van der Waals surface area contributed by atoms with Crippen molar-refractivity contribution in [3.63, 3.8) is 0 Å². The molecule has 0 aromatic rings. The molecule has 0 aliphatic heterocycles. The van der Waals surface area contributed by atoms with Crippen molar-refractivity contribution in [2.24, 2.45) is 0 Å². The van der Waals surface area contributed by atoms with E-state index in [0.717, 1.165) is 6.42 Å². The van der Waals surface area contributed by atoms with Crippen LogP contribution >= 0.6 is 15.9 Å². The second-order valence-corrected chi connectivity index (χ2v) is 3.18. The summed E-state index contributed by atoms with van der Waals surface area (Å²) < 4.78 is 4.79. The zero-order valence-electron chi connectivity index (χ0n) is 5.30. The summed E-state index contributed by atoms with van der Waals surface area (Å²) in [4.78, 5) is 0. The maximum absolute atomic E-state index is 5.12. The van der Waals surface area contributed by atoms with E-state index in [-0.39, 0.29) is 4.51 Å². The standard InChI is InChI=1S/C7H9BrO/c1-9-7(8)5-3-2-4-6-7/h3-6H,2H2,1H3. The smallest absolute Gasteiger partial charge is 0.159 e. The first-order valence-electron chi connectivity index (χ1n) is 2.86. The summed E-state index contributed by atoms with van der Waals surface area (Å²) in [5.41, 5.74) is 0. The molecule has 0 spiro atoms. The van der Waals surface area contributed by atoms with Crippen molar-refractivity contribution in [1.82, 2.24) is 0 Å². The van der Waals surface area contributed by atoms with Gasteiger partial charge >= 0.3 is 0 Å². The van der Waals surface area contributed by atoms with Crippen LogP contribution in [0.4, 0.5) is 0 Å². The van der Waals surface area contributed by atoms with Crippen LogP contribution in [0.15, 0.2) is 24.3 Å². The Morgan fingerprint density at radius 1 is 1.44 bits per heavy atom. The molecule has 0 unspecified atom stereocenters. The topological polar surface area (TPSA) is 9.23 Å². The van der Waals surface area contributed by atoms with Gasteiger partial charge in [-0.05, 0) is 34.5 Å². The highest BCUT2D eigenvalue weighted by molar-refractivity contribution is 9.10. The number of ether oxygens (including phenoxy) is 1. The second-order valence-electron chi connectivity index (χ2n) is 1.94. The molecule has 0 aromatic carbocycles. The molecule has 1 aliphatic rings. The first kappa shape index (κ1) is 7.03. The number of rotatable bonds is 1. The Morgan fingerprint density at radius 3 is 2.33 bits per heavy atom. The second kappa shape index (κ2) is 2.67. The van der Waals surface area contributed by atoms with Gasteiger partial charge in [0.15, 0.2) is 4.51 Å². The van der Waals surface area contributed by atoms with E-state index in [1.807, 2.05) is 12.2 Å². The van der Waals surface area contributed by atoms with Gasteiger partial charge in [0, 0.05) is 7.11 Å². The Kier molecular flexibility index (Phi) is 2.09. The van der Waals surface area contributed by atoms with Crippen LogP contribution in [0.2, 0.25) is 0 Å². The zero-order chi connectivity index (χ0) is 6.74. The SMILES string of the molecule is COC1(Br)C=CCC=C1. The van der Waals surface area contributed by atoms with Crippen molar-refractivity contribution in [1.29, 1.82) is 0 Å². The quantitative estimate of drug-likeness (QED) is 0.454. The molecule has 2 heteroatoms. The van der Waals surface area contributed by atoms with Gasteiger partial charge < -0.3 is 4.74 Å². The number of hydrogen-bond donors (Lipinski definition) is 0. The van der Waals surface area contributed by atoms with E-state index in [2.05, 4.69) is 28.1 Å². The average molecular weight is 189 g/mol. The first-order chi connectivity index (χ1) is 4.27. The number of hydrogen-bond acceptors (Lipinski definition) is 1. The lowest BCUT2D eigenvalue weighted by molar-refractivity contribution is 0.155. The largest absolute Gasteiger partial charge is 0.360 e. The van der Waals surface area contributed by atoms with E-state index < -0.39 is 0 Å². The Hall–Kier alpha value is -0.0800. The predicted octanol–water partition coefficient (Wildman–Crippen LogP) is 2.24. The zero-order valence-corrected chi connectivity index (χ0v) is 6.89. The number of methoxy groups -OCH3 is 1. The van der Waals surface area contributed by atoms with E-state index in [9.17, 15) is 0 Å². The maximum Gasteiger partial charge on any atom is 0.159 e. The van der Waals surface area contributed by atoms with Crippen LogP contribution < -0.4 is 0 Å². The molecular weight excluding hydrogens is 180 g/mol. The van der Waals surface area contributed by atoms with Gasteiger partial charge in [0.1, 0.15) is 0 Å². The Labute approximate surface area is 63.5 Å². The summed E-state index contributed by atoms with van der Waals surface area (Å²) in [6, 6.07) is 0. The molecule has 1 aliphatic carbocycles. The molecule has 9 heavy (non-hydrogen) atoms. The van der Waals surface area contributed by atoms with Gasteiger partial charge in [-0.1, -0.05) is 12.2 Å². The molecule has 0 amide bonds. The van der Waals surface area contributed by atoms with E-state index in [1.54, 1.807) is 7.11 Å². The fourth-order valence-electron chi connectivity index (χ4n) is 0.728. The average Bonchev–Trinajstić information content (AvgIpc) is 1.90. The van der Waals surface area contributed by atoms with Gasteiger partial charge in [0.05, 0.1) is 0 Å². The third-order valence-corrected chi connectivity index (χ3v) is 2.13. The van der Waals surface area contributed by atoms with E-state index in [1.165, 1.54) is 0 Å². The lowest BCUT2D eigenvalue weighted by atomic mass is 10.2. The van der Waals surface area contributed by atoms with Gasteiger partial charge in [-0.15, -0.1) is 0 Å². The Bertz CT molecular complexity index is 137. The maximum atomic E-state index is 5.12. The Balaban J connectivity index is 2.67. The van der Waals surface area contributed by atoms with Gasteiger partial charge in [0.2, 0.25) is 0 Å². The number of alkyl halides is 1. The molecule has 1 nitrogen and oxygen atoms in total. The summed E-state index contributed by atoms with van der Waals surface area (Å²) in [5, 5.41) is 0. The first-order valence-corrected chi connectivity index (χ1v) is 3.65. The number of halogens is 1. The van der Waals surface area contributed by atoms with Crippen molar-refractivity contribution in [2.45, 2.75) is 10.9 Å². The molecule has 50 valence electrons. The summed E-state index contributed by atoms with van der Waals surface area (Å²) >= 11 is 3.40. The Morgan fingerprint density at radius 2 is 2.00 bits per heavy atom. The summed E-state index contributed by atoms with van der Waals surface area (Å²) in [6.07, 6.45) is 9.13. The minimum atomic E-state index is -0.328. The molecule has 0 saturated heterocycles. The highest BCUT2D eigenvalue weighted by Gasteiger charge is 2.18. The molecule has 0 N–H and O–H groups in total. The molecule has 0 atom stereocenters. The van der Waals surface area contributed by atoms with Crippen molar-refractivity contribution in [2.75, 3.05) is 7.11 Å². The van der Waals surface area contributed by atoms with Crippen molar-refractivity contribution >= 4 is 15.9 Å². The van der Waals surface area contributed by atoms with Crippen LogP contribution in [-0.2, 0) is 4.74 Å². The predicted molar refractivity (Wildman–Crippen MR) is 41.6 cm³/mol. The lowest BCUT2D eigenvalue weighted by Crippen LogP contribution is -2.17. The molecular formula is C7H9BrO. The third-order valence-electron chi connectivity index (χ3n) is 1.28. The van der Waals surface area contributed by atoms with Crippen LogP contribution in [0, 0.1) is 0 Å². The van der Waals surface area contributed by atoms with Crippen LogP contribution in [0.5, 0.6) is 0 Å². The van der Waals surface area contributed by atoms with Crippen molar-refractivity contribution in [3.8, 4) is 0 Å². The minimum absolute atomic E-state index is 0.328. The summed E-state index contributed by atoms with van der Waals surface area (Å²) in [6.45, 7) is 0. The highest BCUT2D eigenvalue weighted by Crippen LogP contribution is 2.25. The van der Waals surface area contributed by atoms with Crippen LogP contribution in [0.3, 0.4) is 0 Å². The fraction of sp³-hybridized carbons (Fsp3) is 0.429. The molecule has 0 saturated carbocycles. The van der Waals surface area contributed by atoms with Crippen LogP contribution in [-0.4, -0.2) is 11.6 Å². The van der Waals surface area contributed by atoms with Crippen LogP contribution in [0.1, 0.15) is 6.42 Å². The fourth-order valence-corrected chi connectivity index (χ4v) is 1.10. The molecule has 1 rings (SSSR count). The van der Waals surface area contributed by atoms with Gasteiger partial charge in [0.25, 0.3) is 0 Å². The molecule has 0 fully saturated rings. The monoisotopic (exact) mass is 188 g/mol.